The highest BCUT2D eigenvalue weighted by molar-refractivity contribution is 5.79. The molecule has 4 heteroatoms. The summed E-state index contributed by atoms with van der Waals surface area (Å²) in [7, 11) is 2.11. The van der Waals surface area contributed by atoms with Crippen molar-refractivity contribution in [2.75, 3.05) is 26.7 Å². The number of carbonyl (C=O) groups is 1. The van der Waals surface area contributed by atoms with Crippen LogP contribution in [0.3, 0.4) is 0 Å². The molecule has 104 valence electrons. The third-order valence-electron chi connectivity index (χ3n) is 3.99. The maximum Gasteiger partial charge on any atom is 0.227 e. The molecule has 1 amide bonds. The lowest BCUT2D eigenvalue weighted by molar-refractivity contribution is -0.133. The second-order valence-electron chi connectivity index (χ2n) is 5.32. The Morgan fingerprint density at radius 2 is 2.00 bits per heavy atom. The molecule has 0 radical (unpaired) electrons. The van der Waals surface area contributed by atoms with E-state index in [-0.39, 0.29) is 5.91 Å². The van der Waals surface area contributed by atoms with Crippen molar-refractivity contribution in [3.05, 3.63) is 35.4 Å². The van der Waals surface area contributed by atoms with Gasteiger partial charge in [-0.25, -0.2) is 0 Å². The van der Waals surface area contributed by atoms with E-state index in [0.29, 0.717) is 19.0 Å². The molecule has 4 nitrogen and oxygen atoms in total. The summed E-state index contributed by atoms with van der Waals surface area (Å²) in [4.78, 5) is 16.6. The Hall–Kier alpha value is -1.39. The van der Waals surface area contributed by atoms with Crippen LogP contribution in [-0.4, -0.2) is 48.4 Å². The van der Waals surface area contributed by atoms with Gasteiger partial charge in [0.05, 0.1) is 6.42 Å². The Bertz CT molecular complexity index is 447. The standard InChI is InChI=1S/C15H23N3O/c1-12-11-18(8-7-17(12)2)15(19)9-13-5-3-4-6-14(13)10-16/h3-6,12H,7-11,16H2,1-2H3. The van der Waals surface area contributed by atoms with Crippen LogP contribution in [0, 0.1) is 0 Å². The number of piperazine rings is 1. The van der Waals surface area contributed by atoms with Crippen molar-refractivity contribution >= 4 is 5.91 Å². The number of hydrogen-bond donors (Lipinski definition) is 1. The third-order valence-corrected chi connectivity index (χ3v) is 3.99. The summed E-state index contributed by atoms with van der Waals surface area (Å²) in [5.41, 5.74) is 7.84. The highest BCUT2D eigenvalue weighted by Gasteiger charge is 2.24. The van der Waals surface area contributed by atoms with Crippen molar-refractivity contribution in [3.63, 3.8) is 0 Å². The maximum absolute atomic E-state index is 12.4. The fourth-order valence-electron chi connectivity index (χ4n) is 2.48. The molecule has 1 atom stereocenters. The lowest BCUT2D eigenvalue weighted by Crippen LogP contribution is -2.52. The zero-order valence-corrected chi connectivity index (χ0v) is 11.8. The fourth-order valence-corrected chi connectivity index (χ4v) is 2.48. The summed E-state index contributed by atoms with van der Waals surface area (Å²) in [5, 5.41) is 0. The van der Waals surface area contributed by atoms with E-state index in [1.54, 1.807) is 0 Å². The van der Waals surface area contributed by atoms with Crippen LogP contribution in [0.2, 0.25) is 0 Å². The highest BCUT2D eigenvalue weighted by Crippen LogP contribution is 2.13. The van der Waals surface area contributed by atoms with Gasteiger partial charge >= 0.3 is 0 Å². The number of hydrogen-bond acceptors (Lipinski definition) is 3. The van der Waals surface area contributed by atoms with E-state index in [0.717, 1.165) is 30.8 Å². The average molecular weight is 261 g/mol. The Balaban J connectivity index is 2.01. The van der Waals surface area contributed by atoms with Gasteiger partial charge in [-0.3, -0.25) is 4.79 Å². The van der Waals surface area contributed by atoms with Gasteiger partial charge in [0, 0.05) is 32.2 Å². The number of rotatable bonds is 3. The first-order valence-corrected chi connectivity index (χ1v) is 6.86. The first-order valence-electron chi connectivity index (χ1n) is 6.86. The quantitative estimate of drug-likeness (QED) is 0.877. The van der Waals surface area contributed by atoms with Gasteiger partial charge < -0.3 is 15.5 Å². The minimum Gasteiger partial charge on any atom is -0.340 e. The molecule has 1 fully saturated rings. The van der Waals surface area contributed by atoms with Crippen molar-refractivity contribution in [3.8, 4) is 0 Å². The average Bonchev–Trinajstić information content (AvgIpc) is 2.42. The molecule has 0 aromatic heterocycles. The monoisotopic (exact) mass is 261 g/mol. The largest absolute Gasteiger partial charge is 0.340 e. The predicted molar refractivity (Wildman–Crippen MR) is 76.7 cm³/mol. The zero-order valence-electron chi connectivity index (χ0n) is 11.8. The van der Waals surface area contributed by atoms with Crippen LogP contribution in [0.5, 0.6) is 0 Å². The Kier molecular flexibility index (Phi) is 4.56. The van der Waals surface area contributed by atoms with E-state index in [1.807, 2.05) is 29.2 Å². The molecule has 1 aromatic rings. The minimum atomic E-state index is 0.209. The first kappa shape index (κ1) is 14.0. The summed E-state index contributed by atoms with van der Waals surface area (Å²) >= 11 is 0. The smallest absolute Gasteiger partial charge is 0.227 e. The molecule has 0 bridgehead atoms. The summed E-state index contributed by atoms with van der Waals surface area (Å²) < 4.78 is 0. The Morgan fingerprint density at radius 3 is 2.63 bits per heavy atom. The molecule has 0 aliphatic carbocycles. The maximum atomic E-state index is 12.4. The van der Waals surface area contributed by atoms with Crippen LogP contribution in [0.25, 0.3) is 0 Å². The normalized spacial score (nSPS) is 20.6. The van der Waals surface area contributed by atoms with Crippen molar-refractivity contribution in [2.45, 2.75) is 25.9 Å². The molecule has 2 N–H and O–H groups in total. The van der Waals surface area contributed by atoms with E-state index in [2.05, 4.69) is 18.9 Å². The molecule has 1 aliphatic rings. The van der Waals surface area contributed by atoms with E-state index in [9.17, 15) is 4.79 Å². The van der Waals surface area contributed by atoms with Crippen molar-refractivity contribution in [1.82, 2.24) is 9.80 Å². The predicted octanol–water partition coefficient (Wildman–Crippen LogP) is 0.850. The number of amides is 1. The van der Waals surface area contributed by atoms with E-state index in [1.165, 1.54) is 0 Å². The van der Waals surface area contributed by atoms with Crippen molar-refractivity contribution in [1.29, 1.82) is 0 Å². The number of nitrogens with two attached hydrogens (primary N) is 1. The van der Waals surface area contributed by atoms with Crippen LogP contribution >= 0.6 is 0 Å². The van der Waals surface area contributed by atoms with Gasteiger partial charge in [0.2, 0.25) is 5.91 Å². The molecule has 1 unspecified atom stereocenters. The zero-order chi connectivity index (χ0) is 13.8. The topological polar surface area (TPSA) is 49.6 Å². The van der Waals surface area contributed by atoms with E-state index < -0.39 is 0 Å². The molecule has 2 rings (SSSR count). The molecule has 0 spiro atoms. The number of nitrogens with zero attached hydrogens (tertiary/aromatic N) is 2. The lowest BCUT2D eigenvalue weighted by Gasteiger charge is -2.37. The van der Waals surface area contributed by atoms with Gasteiger partial charge in [0.15, 0.2) is 0 Å². The van der Waals surface area contributed by atoms with Gasteiger partial charge in [-0.1, -0.05) is 24.3 Å². The Morgan fingerprint density at radius 1 is 1.32 bits per heavy atom. The van der Waals surface area contributed by atoms with Crippen LogP contribution in [0.15, 0.2) is 24.3 Å². The second kappa shape index (κ2) is 6.17. The molecular formula is C15H23N3O. The molecule has 19 heavy (non-hydrogen) atoms. The third kappa shape index (κ3) is 3.33. The van der Waals surface area contributed by atoms with Gasteiger partial charge in [0.1, 0.15) is 0 Å². The number of benzene rings is 1. The highest BCUT2D eigenvalue weighted by atomic mass is 16.2. The van der Waals surface area contributed by atoms with Gasteiger partial charge in [-0.2, -0.15) is 0 Å². The van der Waals surface area contributed by atoms with E-state index >= 15 is 0 Å². The van der Waals surface area contributed by atoms with Crippen LogP contribution in [0.4, 0.5) is 0 Å². The molecular weight excluding hydrogens is 238 g/mol. The Labute approximate surface area is 115 Å². The molecule has 1 aromatic carbocycles. The summed E-state index contributed by atoms with van der Waals surface area (Å²) in [6.45, 7) is 5.24. The summed E-state index contributed by atoms with van der Waals surface area (Å²) in [6, 6.07) is 8.36. The molecule has 1 heterocycles. The van der Waals surface area contributed by atoms with Crippen molar-refractivity contribution < 1.29 is 4.79 Å². The second-order valence-corrected chi connectivity index (χ2v) is 5.32. The summed E-state index contributed by atoms with van der Waals surface area (Å²) in [5.74, 6) is 0.209. The first-order chi connectivity index (χ1) is 9.11. The fraction of sp³-hybridized carbons (Fsp3) is 0.533. The lowest BCUT2D eigenvalue weighted by atomic mass is 10.0. The van der Waals surface area contributed by atoms with Crippen LogP contribution in [0.1, 0.15) is 18.1 Å². The van der Waals surface area contributed by atoms with Gasteiger partial charge in [0.25, 0.3) is 0 Å². The van der Waals surface area contributed by atoms with E-state index in [4.69, 9.17) is 5.73 Å². The summed E-state index contributed by atoms with van der Waals surface area (Å²) in [6.07, 6.45) is 0.462. The number of carbonyl (C=O) groups excluding carboxylic acids is 1. The van der Waals surface area contributed by atoms with Crippen LogP contribution < -0.4 is 5.73 Å². The van der Waals surface area contributed by atoms with Crippen LogP contribution in [-0.2, 0) is 17.8 Å². The van der Waals surface area contributed by atoms with Gasteiger partial charge in [-0.05, 0) is 25.1 Å². The van der Waals surface area contributed by atoms with Crippen molar-refractivity contribution in [2.24, 2.45) is 5.73 Å². The molecule has 1 aliphatic heterocycles. The molecule has 0 saturated carbocycles. The molecule has 1 saturated heterocycles. The SMILES string of the molecule is CC1CN(C(=O)Cc2ccccc2CN)CCN1C. The number of likely N-dealkylation sites (N-methyl/N-ethyl adjacent to an activating group) is 1. The minimum absolute atomic E-state index is 0.209. The van der Waals surface area contributed by atoms with Gasteiger partial charge in [-0.15, -0.1) is 0 Å².